The van der Waals surface area contributed by atoms with E-state index in [2.05, 4.69) is 97.8 Å². The maximum absolute atomic E-state index is 13.7. The van der Waals surface area contributed by atoms with Crippen molar-refractivity contribution in [2.45, 2.75) is 65.5 Å². The summed E-state index contributed by atoms with van der Waals surface area (Å²) in [4.78, 5) is 9.62. The van der Waals surface area contributed by atoms with Gasteiger partial charge in [0.2, 0.25) is 0 Å². The third-order valence-electron chi connectivity index (χ3n) is 8.15. The summed E-state index contributed by atoms with van der Waals surface area (Å²) in [5.74, 6) is 1.30. The Balaban J connectivity index is 1.26. The van der Waals surface area contributed by atoms with Crippen molar-refractivity contribution in [3.63, 3.8) is 0 Å². The highest BCUT2D eigenvalue weighted by molar-refractivity contribution is 5.51. The molecule has 2 saturated heterocycles. The van der Waals surface area contributed by atoms with Gasteiger partial charge in [0.05, 0.1) is 0 Å². The lowest BCUT2D eigenvalue weighted by atomic mass is 9.89. The van der Waals surface area contributed by atoms with Crippen LogP contribution in [0.15, 0.2) is 73.2 Å². The molecule has 0 aromatic heterocycles. The van der Waals surface area contributed by atoms with Crippen LogP contribution in [0.3, 0.4) is 0 Å². The van der Waals surface area contributed by atoms with E-state index in [0.717, 1.165) is 75.6 Å². The van der Waals surface area contributed by atoms with Gasteiger partial charge in [-0.05, 0) is 72.9 Å². The monoisotopic (exact) mass is 518 g/mol. The molecule has 2 aromatic carbocycles. The molecular formula is C33H47FN4. The molecule has 0 amide bonds. The van der Waals surface area contributed by atoms with Crippen molar-refractivity contribution in [3.05, 3.63) is 90.2 Å². The number of piperidine rings is 1. The number of hydrogen-bond donors (Lipinski definition) is 0. The highest BCUT2D eigenvalue weighted by atomic mass is 19.1. The zero-order chi connectivity index (χ0) is 27.4. The van der Waals surface area contributed by atoms with E-state index in [1.54, 1.807) is 6.07 Å². The second-order valence-corrected chi connectivity index (χ2v) is 12.5. The van der Waals surface area contributed by atoms with Gasteiger partial charge < -0.3 is 14.7 Å². The fourth-order valence-corrected chi connectivity index (χ4v) is 6.04. The first-order valence-electron chi connectivity index (χ1n) is 14.2. The highest BCUT2D eigenvalue weighted by Gasteiger charge is 2.27. The number of allylic oxidation sites excluding steroid dienone is 1. The second kappa shape index (κ2) is 11.9. The summed E-state index contributed by atoms with van der Waals surface area (Å²) in [6.45, 7) is 24.0. The van der Waals surface area contributed by atoms with Gasteiger partial charge in [-0.25, -0.2) is 4.39 Å². The summed E-state index contributed by atoms with van der Waals surface area (Å²) >= 11 is 0. The average Bonchev–Trinajstić information content (AvgIpc) is 2.87. The average molecular weight is 519 g/mol. The number of hydrogen-bond acceptors (Lipinski definition) is 4. The fraction of sp³-hybridized carbons (Fsp3) is 0.515. The van der Waals surface area contributed by atoms with Crippen LogP contribution in [0.5, 0.6) is 0 Å². The van der Waals surface area contributed by atoms with E-state index >= 15 is 0 Å². The number of nitrogens with zero attached hydrogens (tertiary/aromatic N) is 4. The molecule has 38 heavy (non-hydrogen) atoms. The number of piperazine rings is 1. The molecule has 4 nitrogen and oxygen atoms in total. The Kier molecular flexibility index (Phi) is 8.87. The predicted octanol–water partition coefficient (Wildman–Crippen LogP) is 7.07. The predicted molar refractivity (Wildman–Crippen MR) is 159 cm³/mol. The molecule has 0 saturated carbocycles. The lowest BCUT2D eigenvalue weighted by Gasteiger charge is -2.43. The van der Waals surface area contributed by atoms with E-state index in [0.29, 0.717) is 12.0 Å². The summed E-state index contributed by atoms with van der Waals surface area (Å²) in [5, 5.41) is 0. The van der Waals surface area contributed by atoms with Crippen molar-refractivity contribution >= 4 is 5.69 Å². The molecule has 0 aliphatic carbocycles. The summed E-state index contributed by atoms with van der Waals surface area (Å²) in [5.41, 5.74) is 5.16. The van der Waals surface area contributed by atoms with Crippen molar-refractivity contribution in [1.29, 1.82) is 0 Å². The van der Waals surface area contributed by atoms with E-state index in [4.69, 9.17) is 0 Å². The molecule has 206 valence electrons. The Morgan fingerprint density at radius 3 is 2.29 bits per heavy atom. The van der Waals surface area contributed by atoms with Gasteiger partial charge in [-0.1, -0.05) is 58.2 Å². The molecule has 2 aliphatic heterocycles. The SMILES string of the molecule is C=C(N1CCC(c2cccc(F)c2)CC1)N(C)c1ccc(CN2CCN(C(=C)CC(C)(C)C)C(C)C2)cc1. The first-order chi connectivity index (χ1) is 18.0. The van der Waals surface area contributed by atoms with Crippen molar-refractivity contribution in [2.75, 3.05) is 44.7 Å². The van der Waals surface area contributed by atoms with Gasteiger partial charge in [0.1, 0.15) is 11.6 Å². The lowest BCUT2D eigenvalue weighted by Crippen LogP contribution is -2.51. The third-order valence-corrected chi connectivity index (χ3v) is 8.15. The summed E-state index contributed by atoms with van der Waals surface area (Å²) in [7, 11) is 2.10. The van der Waals surface area contributed by atoms with Crippen LogP contribution >= 0.6 is 0 Å². The maximum atomic E-state index is 13.7. The summed E-state index contributed by atoms with van der Waals surface area (Å²) in [6, 6.07) is 16.5. The normalized spacial score (nSPS) is 19.5. The van der Waals surface area contributed by atoms with Crippen LogP contribution in [-0.4, -0.2) is 60.5 Å². The molecule has 2 aliphatic rings. The largest absolute Gasteiger partial charge is 0.370 e. The Morgan fingerprint density at radius 2 is 1.68 bits per heavy atom. The zero-order valence-corrected chi connectivity index (χ0v) is 24.2. The van der Waals surface area contributed by atoms with Gasteiger partial charge >= 0.3 is 0 Å². The van der Waals surface area contributed by atoms with Crippen molar-refractivity contribution < 1.29 is 4.39 Å². The molecule has 0 radical (unpaired) electrons. The van der Waals surface area contributed by atoms with Crippen molar-refractivity contribution in [3.8, 4) is 0 Å². The van der Waals surface area contributed by atoms with Crippen LogP contribution in [0.1, 0.15) is 64.0 Å². The van der Waals surface area contributed by atoms with Gasteiger partial charge in [0.15, 0.2) is 0 Å². The summed E-state index contributed by atoms with van der Waals surface area (Å²) < 4.78 is 13.7. The van der Waals surface area contributed by atoms with Gasteiger partial charge in [0, 0.05) is 63.7 Å². The Labute approximate surface area is 230 Å². The first kappa shape index (κ1) is 28.2. The molecular weight excluding hydrogens is 471 g/mol. The maximum Gasteiger partial charge on any atom is 0.123 e. The van der Waals surface area contributed by atoms with Gasteiger partial charge in [0.25, 0.3) is 0 Å². The Morgan fingerprint density at radius 1 is 1.00 bits per heavy atom. The summed E-state index contributed by atoms with van der Waals surface area (Å²) in [6.07, 6.45) is 3.08. The Bertz CT molecular complexity index is 1090. The molecule has 1 atom stereocenters. The zero-order valence-electron chi connectivity index (χ0n) is 24.2. The highest BCUT2D eigenvalue weighted by Crippen LogP contribution is 2.31. The minimum atomic E-state index is -0.142. The fourth-order valence-electron chi connectivity index (χ4n) is 6.04. The van der Waals surface area contributed by atoms with Gasteiger partial charge in [-0.3, -0.25) is 4.90 Å². The van der Waals surface area contributed by atoms with E-state index in [-0.39, 0.29) is 11.2 Å². The number of likely N-dealkylation sites (tertiary alicyclic amines) is 1. The lowest BCUT2D eigenvalue weighted by molar-refractivity contribution is 0.0981. The van der Waals surface area contributed by atoms with Gasteiger partial charge in [-0.2, -0.15) is 0 Å². The molecule has 2 heterocycles. The quantitative estimate of drug-likeness (QED) is 0.371. The minimum Gasteiger partial charge on any atom is -0.370 e. The smallest absolute Gasteiger partial charge is 0.123 e. The Hall–Kier alpha value is -2.79. The number of anilines is 1. The molecule has 4 rings (SSSR count). The van der Waals surface area contributed by atoms with Crippen LogP contribution in [-0.2, 0) is 6.54 Å². The van der Waals surface area contributed by atoms with Crippen LogP contribution in [0.2, 0.25) is 0 Å². The van der Waals surface area contributed by atoms with Crippen LogP contribution in [0, 0.1) is 11.2 Å². The minimum absolute atomic E-state index is 0.142. The van der Waals surface area contributed by atoms with Crippen molar-refractivity contribution in [1.82, 2.24) is 14.7 Å². The number of halogens is 1. The van der Waals surface area contributed by atoms with E-state index in [1.165, 1.54) is 17.3 Å². The number of benzene rings is 2. The molecule has 1 unspecified atom stereocenters. The van der Waals surface area contributed by atoms with Crippen LogP contribution in [0.4, 0.5) is 10.1 Å². The van der Waals surface area contributed by atoms with Crippen molar-refractivity contribution in [2.24, 2.45) is 5.41 Å². The third kappa shape index (κ3) is 7.19. The standard InChI is InChI=1S/C33H47FN4/c1-25(22-33(4,5)6)38-20-19-36(23-26(38)2)24-28-11-13-32(14-12-28)35(7)27(3)37-17-15-29(16-18-37)30-9-8-10-31(34)21-30/h8-14,21,26,29H,1,3,15-20,22-24H2,2,4-7H3. The molecule has 5 heteroatoms. The molecule has 2 fully saturated rings. The second-order valence-electron chi connectivity index (χ2n) is 12.5. The van der Waals surface area contributed by atoms with Crippen LogP contribution in [0.25, 0.3) is 0 Å². The number of rotatable bonds is 8. The topological polar surface area (TPSA) is 13.0 Å². The molecule has 0 N–H and O–H groups in total. The van der Waals surface area contributed by atoms with E-state index < -0.39 is 0 Å². The van der Waals surface area contributed by atoms with Crippen LogP contribution < -0.4 is 4.90 Å². The molecule has 2 aromatic rings. The van der Waals surface area contributed by atoms with Gasteiger partial charge in [-0.15, -0.1) is 0 Å². The molecule has 0 bridgehead atoms. The van der Waals surface area contributed by atoms with E-state index in [9.17, 15) is 4.39 Å². The first-order valence-corrected chi connectivity index (χ1v) is 14.2. The molecule has 0 spiro atoms. The van der Waals surface area contributed by atoms with E-state index in [1.807, 2.05) is 6.07 Å².